The van der Waals surface area contributed by atoms with Crippen LogP contribution in [0.25, 0.3) is 22.8 Å². The van der Waals surface area contributed by atoms with Crippen molar-refractivity contribution in [3.05, 3.63) is 54.7 Å². The number of aromatic nitrogens is 1. The molecule has 0 aliphatic rings. The Morgan fingerprint density at radius 1 is 0.960 bits per heavy atom. The summed E-state index contributed by atoms with van der Waals surface area (Å²) in [4.78, 5) is 5.93. The average molecular weight is 366 g/mol. The number of hydrogen-bond acceptors (Lipinski definition) is 6. The van der Waals surface area contributed by atoms with E-state index in [1.54, 1.807) is 6.20 Å². The molecule has 2 aromatic carbocycles. The molecular weight excluding hydrogens is 351 g/mol. The molecule has 8 heteroatoms. The Morgan fingerprint density at radius 3 is 2.04 bits per heavy atom. The molecule has 6 nitrogen and oxygen atoms in total. The van der Waals surface area contributed by atoms with Gasteiger partial charge in [0.15, 0.2) is 5.76 Å². The molecule has 0 aliphatic heterocycles. The Bertz CT molecular complexity index is 949. The largest absolute Gasteiger partial charge is 1.00 e. The first-order valence-electron chi connectivity index (χ1n) is 7.14. The first kappa shape index (κ1) is 19.7. The van der Waals surface area contributed by atoms with E-state index in [0.29, 0.717) is 17.2 Å². The van der Waals surface area contributed by atoms with E-state index in [9.17, 15) is 13.0 Å². The van der Waals surface area contributed by atoms with Gasteiger partial charge in [-0.25, -0.2) is 13.4 Å². The van der Waals surface area contributed by atoms with Gasteiger partial charge >= 0.3 is 29.6 Å². The molecule has 0 atom stereocenters. The minimum atomic E-state index is -4.46. The third kappa shape index (κ3) is 4.50. The maximum absolute atomic E-state index is 10.9. The van der Waals surface area contributed by atoms with E-state index < -0.39 is 10.1 Å². The van der Waals surface area contributed by atoms with E-state index in [1.807, 2.05) is 43.3 Å². The number of benzene rings is 2. The second kappa shape index (κ2) is 7.72. The number of oxazole rings is 1. The van der Waals surface area contributed by atoms with E-state index in [-0.39, 0.29) is 34.5 Å². The smallest absolute Gasteiger partial charge is 0.744 e. The summed E-state index contributed by atoms with van der Waals surface area (Å²) in [5, 5.41) is 0. The maximum Gasteiger partial charge on any atom is 1.00 e. The van der Waals surface area contributed by atoms with Crippen molar-refractivity contribution in [3.63, 3.8) is 0 Å². The van der Waals surface area contributed by atoms with Crippen molar-refractivity contribution in [2.75, 3.05) is 19.0 Å². The van der Waals surface area contributed by atoms with E-state index in [1.165, 1.54) is 24.3 Å². The van der Waals surface area contributed by atoms with Gasteiger partial charge in [-0.2, -0.15) is 0 Å². The molecule has 25 heavy (non-hydrogen) atoms. The molecule has 0 saturated heterocycles. The normalized spacial score (nSPS) is 11.0. The summed E-state index contributed by atoms with van der Waals surface area (Å²) in [5.41, 5.74) is 2.56. The van der Waals surface area contributed by atoms with Gasteiger partial charge in [0, 0.05) is 30.9 Å². The van der Waals surface area contributed by atoms with Gasteiger partial charge < -0.3 is 13.9 Å². The van der Waals surface area contributed by atoms with Crippen molar-refractivity contribution in [2.45, 2.75) is 4.90 Å². The van der Waals surface area contributed by atoms with E-state index in [0.717, 1.165) is 11.3 Å². The van der Waals surface area contributed by atoms with Crippen LogP contribution < -0.4 is 34.5 Å². The number of hydrogen-bond donors (Lipinski definition) is 0. The molecule has 3 aromatic rings. The molecular formula is C17H15N2NaO4S. The third-order valence-electron chi connectivity index (χ3n) is 3.56. The zero-order valence-corrected chi connectivity index (χ0v) is 16.9. The summed E-state index contributed by atoms with van der Waals surface area (Å²) in [7, 11) is -0.525. The Kier molecular flexibility index (Phi) is 6.08. The molecule has 0 unspecified atom stereocenters. The van der Waals surface area contributed by atoms with Crippen molar-refractivity contribution in [1.29, 1.82) is 0 Å². The van der Waals surface area contributed by atoms with Crippen LogP contribution in [-0.2, 0) is 10.1 Å². The van der Waals surface area contributed by atoms with Crippen LogP contribution in [0.2, 0.25) is 0 Å². The third-order valence-corrected chi connectivity index (χ3v) is 4.41. The van der Waals surface area contributed by atoms with Gasteiger partial charge in [-0.05, 0) is 48.5 Å². The van der Waals surface area contributed by atoms with Crippen LogP contribution >= 0.6 is 0 Å². The molecule has 0 fully saturated rings. The van der Waals surface area contributed by atoms with Gasteiger partial charge in [0.1, 0.15) is 10.1 Å². The zero-order valence-electron chi connectivity index (χ0n) is 14.1. The van der Waals surface area contributed by atoms with Crippen LogP contribution in [0.15, 0.2) is 64.0 Å². The molecule has 0 radical (unpaired) electrons. The number of anilines is 1. The summed E-state index contributed by atoms with van der Waals surface area (Å²) in [6, 6.07) is 13.3. The number of nitrogens with zero attached hydrogens (tertiary/aromatic N) is 2. The predicted molar refractivity (Wildman–Crippen MR) is 89.7 cm³/mol. The molecule has 0 spiro atoms. The second-order valence-electron chi connectivity index (χ2n) is 5.45. The van der Waals surface area contributed by atoms with E-state index >= 15 is 0 Å². The average Bonchev–Trinajstić information content (AvgIpc) is 3.04. The zero-order chi connectivity index (χ0) is 17.3. The van der Waals surface area contributed by atoms with Gasteiger partial charge in [0.2, 0.25) is 5.89 Å². The van der Waals surface area contributed by atoms with Crippen molar-refractivity contribution in [3.8, 4) is 22.8 Å². The molecule has 0 saturated carbocycles. The molecule has 0 amide bonds. The molecule has 0 aliphatic carbocycles. The van der Waals surface area contributed by atoms with Crippen LogP contribution in [0.5, 0.6) is 0 Å². The molecule has 3 rings (SSSR count). The molecule has 1 heterocycles. The molecule has 1 aromatic heterocycles. The SMILES string of the molecule is CN(C)c1ccc(-c2cnc(-c3ccc(S(=O)(=O)[O-])cc3)o2)cc1.[Na+]. The topological polar surface area (TPSA) is 86.5 Å². The first-order valence-corrected chi connectivity index (χ1v) is 8.55. The Hall–Kier alpha value is -1.64. The summed E-state index contributed by atoms with van der Waals surface area (Å²) < 4.78 is 38.6. The fraction of sp³-hybridized carbons (Fsp3) is 0.118. The van der Waals surface area contributed by atoms with Crippen LogP contribution in [0.4, 0.5) is 5.69 Å². The second-order valence-corrected chi connectivity index (χ2v) is 6.83. The van der Waals surface area contributed by atoms with Crippen LogP contribution in [0.3, 0.4) is 0 Å². The van der Waals surface area contributed by atoms with Gasteiger partial charge in [-0.15, -0.1) is 0 Å². The molecule has 0 N–H and O–H groups in total. The van der Waals surface area contributed by atoms with Crippen molar-refractivity contribution in [1.82, 2.24) is 4.98 Å². The summed E-state index contributed by atoms with van der Waals surface area (Å²) >= 11 is 0. The first-order chi connectivity index (χ1) is 11.3. The maximum atomic E-state index is 10.9. The van der Waals surface area contributed by atoms with Gasteiger partial charge in [0.05, 0.1) is 11.1 Å². The van der Waals surface area contributed by atoms with Crippen molar-refractivity contribution < 1.29 is 46.9 Å². The minimum absolute atomic E-state index is 0. The van der Waals surface area contributed by atoms with Crippen molar-refractivity contribution >= 4 is 15.8 Å². The predicted octanol–water partition coefficient (Wildman–Crippen LogP) is -0.0173. The monoisotopic (exact) mass is 366 g/mol. The summed E-state index contributed by atoms with van der Waals surface area (Å²) in [6.45, 7) is 0. The Balaban J connectivity index is 0.00000225. The van der Waals surface area contributed by atoms with Crippen LogP contribution in [-0.4, -0.2) is 32.0 Å². The van der Waals surface area contributed by atoms with Gasteiger partial charge in [0.25, 0.3) is 0 Å². The van der Waals surface area contributed by atoms with E-state index in [4.69, 9.17) is 4.42 Å². The van der Waals surface area contributed by atoms with Crippen LogP contribution in [0.1, 0.15) is 0 Å². The quantitative estimate of drug-likeness (QED) is 0.477. The summed E-state index contributed by atoms with van der Waals surface area (Å²) in [5.74, 6) is 0.965. The summed E-state index contributed by atoms with van der Waals surface area (Å²) in [6.07, 6.45) is 1.61. The van der Waals surface area contributed by atoms with Gasteiger partial charge in [-0.3, -0.25) is 0 Å². The van der Waals surface area contributed by atoms with E-state index in [2.05, 4.69) is 4.98 Å². The number of rotatable bonds is 4. The Labute approximate surface area is 168 Å². The molecule has 0 bridgehead atoms. The van der Waals surface area contributed by atoms with Crippen molar-refractivity contribution in [2.24, 2.45) is 0 Å². The fourth-order valence-electron chi connectivity index (χ4n) is 2.23. The Morgan fingerprint density at radius 2 is 1.52 bits per heavy atom. The fourth-order valence-corrected chi connectivity index (χ4v) is 2.70. The standard InChI is InChI=1S/C17H16N2O4S.Na/c1-19(2)14-7-3-12(4-8-14)16-11-18-17(23-16)13-5-9-15(10-6-13)24(20,21)22;/h3-11H,1-2H3,(H,20,21,22);/q;+1/p-1. The minimum Gasteiger partial charge on any atom is -0.744 e. The molecule has 124 valence electrons. The van der Waals surface area contributed by atoms with Crippen LogP contribution in [0, 0.1) is 0 Å². The van der Waals surface area contributed by atoms with Gasteiger partial charge in [-0.1, -0.05) is 0 Å².